The van der Waals surface area contributed by atoms with Crippen LogP contribution in [0.1, 0.15) is 47.1 Å². The maximum Gasteiger partial charge on any atom is 0.290 e. The Labute approximate surface area is 180 Å². The average molecular weight is 426 g/mol. The van der Waals surface area contributed by atoms with E-state index in [1.54, 1.807) is 29.4 Å². The molecular formula is C23H24ClN3O3. The van der Waals surface area contributed by atoms with Crippen molar-refractivity contribution in [2.24, 2.45) is 0 Å². The van der Waals surface area contributed by atoms with Crippen molar-refractivity contribution in [3.8, 4) is 0 Å². The Morgan fingerprint density at radius 2 is 1.87 bits per heavy atom. The Bertz CT molecular complexity index is 1160. The number of aromatic nitrogens is 1. The first kappa shape index (κ1) is 20.6. The fourth-order valence-corrected chi connectivity index (χ4v) is 4.22. The van der Waals surface area contributed by atoms with E-state index < -0.39 is 6.04 Å². The number of benzene rings is 1. The molecule has 0 N–H and O–H groups in total. The van der Waals surface area contributed by atoms with Gasteiger partial charge >= 0.3 is 0 Å². The van der Waals surface area contributed by atoms with E-state index in [2.05, 4.69) is 23.7 Å². The van der Waals surface area contributed by atoms with Crippen molar-refractivity contribution in [3.05, 3.63) is 74.4 Å². The largest absolute Gasteiger partial charge is 0.450 e. The number of hydrogen-bond donors (Lipinski definition) is 0. The van der Waals surface area contributed by atoms with Gasteiger partial charge in [-0.05, 0) is 55.4 Å². The lowest BCUT2D eigenvalue weighted by Gasteiger charge is -2.28. The van der Waals surface area contributed by atoms with Crippen LogP contribution < -0.4 is 5.43 Å². The van der Waals surface area contributed by atoms with Crippen LogP contribution in [0.25, 0.3) is 11.0 Å². The lowest BCUT2D eigenvalue weighted by Crippen LogP contribution is -2.37. The Morgan fingerprint density at radius 1 is 1.17 bits per heavy atom. The maximum absolute atomic E-state index is 13.5. The summed E-state index contributed by atoms with van der Waals surface area (Å²) in [6.07, 6.45) is 3.34. The maximum atomic E-state index is 13.5. The topological polar surface area (TPSA) is 66.7 Å². The van der Waals surface area contributed by atoms with Crippen molar-refractivity contribution in [2.45, 2.75) is 26.8 Å². The van der Waals surface area contributed by atoms with Gasteiger partial charge in [0.15, 0.2) is 5.43 Å². The fraction of sp³-hybridized carbons (Fsp3) is 0.348. The normalized spacial score (nSPS) is 16.0. The highest BCUT2D eigenvalue weighted by molar-refractivity contribution is 6.32. The van der Waals surface area contributed by atoms with Gasteiger partial charge in [-0.1, -0.05) is 25.4 Å². The minimum atomic E-state index is -0.508. The van der Waals surface area contributed by atoms with Crippen LogP contribution in [0.2, 0.25) is 5.02 Å². The van der Waals surface area contributed by atoms with Crippen LogP contribution >= 0.6 is 11.6 Å². The van der Waals surface area contributed by atoms with Crippen molar-refractivity contribution in [2.75, 3.05) is 26.2 Å². The van der Waals surface area contributed by atoms with E-state index in [1.807, 2.05) is 19.1 Å². The summed E-state index contributed by atoms with van der Waals surface area (Å²) in [4.78, 5) is 34.9. The Balaban J connectivity index is 1.89. The van der Waals surface area contributed by atoms with E-state index in [4.69, 9.17) is 16.0 Å². The molecular weight excluding hydrogens is 402 g/mol. The number of likely N-dealkylation sites (N-methyl/N-ethyl adjacent to an activating group) is 1. The number of carbonyl (C=O) groups excluding carboxylic acids is 1. The van der Waals surface area contributed by atoms with Gasteiger partial charge in [-0.2, -0.15) is 0 Å². The van der Waals surface area contributed by atoms with Gasteiger partial charge in [0.05, 0.1) is 17.0 Å². The molecule has 1 aromatic carbocycles. The lowest BCUT2D eigenvalue weighted by molar-refractivity contribution is 0.0708. The molecule has 0 aliphatic carbocycles. The van der Waals surface area contributed by atoms with Gasteiger partial charge in [0.1, 0.15) is 5.58 Å². The Hall–Kier alpha value is -2.70. The summed E-state index contributed by atoms with van der Waals surface area (Å²) in [5, 5.41) is 0.889. The molecule has 0 fully saturated rings. The molecule has 7 heteroatoms. The number of rotatable bonds is 6. The van der Waals surface area contributed by atoms with Crippen molar-refractivity contribution >= 4 is 28.5 Å². The molecule has 0 radical (unpaired) electrons. The highest BCUT2D eigenvalue weighted by Crippen LogP contribution is 2.38. The number of halogens is 1. The third-order valence-corrected chi connectivity index (χ3v) is 6.23. The summed E-state index contributed by atoms with van der Waals surface area (Å²) < 4.78 is 6.00. The van der Waals surface area contributed by atoms with Crippen LogP contribution in [0.3, 0.4) is 0 Å². The Kier molecular flexibility index (Phi) is 5.62. The van der Waals surface area contributed by atoms with Crippen molar-refractivity contribution < 1.29 is 9.21 Å². The SMILES string of the molecule is CCN(CC)CCN1C(=O)c2oc3cc(C)c(Cl)cc3c(=O)c2C1c1ccncc1. The predicted molar refractivity (Wildman–Crippen MR) is 117 cm³/mol. The second-order valence-electron chi connectivity index (χ2n) is 7.48. The first-order valence-electron chi connectivity index (χ1n) is 10.2. The lowest BCUT2D eigenvalue weighted by atomic mass is 9.99. The van der Waals surface area contributed by atoms with Gasteiger partial charge in [0.2, 0.25) is 5.76 Å². The van der Waals surface area contributed by atoms with E-state index in [0.717, 1.165) is 24.2 Å². The molecule has 30 heavy (non-hydrogen) atoms. The molecule has 3 aromatic rings. The molecule has 6 nitrogen and oxygen atoms in total. The second kappa shape index (κ2) is 8.20. The van der Waals surface area contributed by atoms with Crippen LogP contribution in [0.5, 0.6) is 0 Å². The molecule has 1 amide bonds. The number of fused-ring (bicyclic) bond motifs is 2. The fourth-order valence-electron chi connectivity index (χ4n) is 4.05. The molecule has 1 aliphatic rings. The molecule has 2 aromatic heterocycles. The van der Waals surface area contributed by atoms with Gasteiger partial charge in [-0.15, -0.1) is 0 Å². The van der Waals surface area contributed by atoms with Crippen LogP contribution in [0.4, 0.5) is 0 Å². The smallest absolute Gasteiger partial charge is 0.290 e. The van der Waals surface area contributed by atoms with Crippen molar-refractivity contribution in [1.82, 2.24) is 14.8 Å². The average Bonchev–Trinajstić information content (AvgIpc) is 3.03. The third-order valence-electron chi connectivity index (χ3n) is 5.82. The summed E-state index contributed by atoms with van der Waals surface area (Å²) in [5.41, 5.74) is 2.17. The minimum Gasteiger partial charge on any atom is -0.450 e. The Morgan fingerprint density at radius 3 is 2.53 bits per heavy atom. The van der Waals surface area contributed by atoms with Crippen LogP contribution in [-0.4, -0.2) is 46.9 Å². The van der Waals surface area contributed by atoms with Crippen LogP contribution in [0.15, 0.2) is 45.9 Å². The first-order chi connectivity index (χ1) is 14.5. The number of hydrogen-bond acceptors (Lipinski definition) is 5. The molecule has 3 heterocycles. The van der Waals surface area contributed by atoms with Crippen molar-refractivity contribution in [3.63, 3.8) is 0 Å². The van der Waals surface area contributed by atoms with E-state index in [0.29, 0.717) is 34.6 Å². The highest BCUT2D eigenvalue weighted by Gasteiger charge is 2.42. The standard InChI is InChI=1S/C23H24ClN3O3/c1-4-26(5-2)10-11-27-20(15-6-8-25-9-7-15)19-21(28)16-13-17(24)14(3)12-18(16)30-22(19)23(27)29/h6-9,12-13,20H,4-5,10-11H2,1-3H3. The molecule has 0 bridgehead atoms. The molecule has 0 spiro atoms. The quantitative estimate of drug-likeness (QED) is 0.596. The monoisotopic (exact) mass is 425 g/mol. The van der Waals surface area contributed by atoms with Gasteiger partial charge in [-0.25, -0.2) is 0 Å². The summed E-state index contributed by atoms with van der Waals surface area (Å²) in [5.74, 6) is -0.138. The minimum absolute atomic E-state index is 0.121. The van der Waals surface area contributed by atoms with Gasteiger partial charge in [0, 0.05) is 30.5 Å². The second-order valence-corrected chi connectivity index (χ2v) is 7.89. The molecule has 156 valence electrons. The molecule has 0 saturated carbocycles. The van der Waals surface area contributed by atoms with E-state index in [1.165, 1.54) is 0 Å². The summed E-state index contributed by atoms with van der Waals surface area (Å²) >= 11 is 6.27. The number of aryl methyl sites for hydroxylation is 1. The van der Waals surface area contributed by atoms with Gasteiger partial charge in [0.25, 0.3) is 5.91 Å². The van der Waals surface area contributed by atoms with Gasteiger partial charge < -0.3 is 14.2 Å². The van der Waals surface area contributed by atoms with Crippen molar-refractivity contribution in [1.29, 1.82) is 0 Å². The molecule has 4 rings (SSSR count). The molecule has 0 saturated heterocycles. The summed E-state index contributed by atoms with van der Waals surface area (Å²) in [6.45, 7) is 9.02. The van der Waals surface area contributed by atoms with Crippen LogP contribution in [0, 0.1) is 6.92 Å². The molecule has 1 atom stereocenters. The van der Waals surface area contributed by atoms with Gasteiger partial charge in [-0.3, -0.25) is 14.6 Å². The third kappa shape index (κ3) is 3.40. The highest BCUT2D eigenvalue weighted by atomic mass is 35.5. The first-order valence-corrected chi connectivity index (χ1v) is 10.5. The zero-order chi connectivity index (χ0) is 21.4. The number of carbonyl (C=O) groups is 1. The molecule has 1 unspecified atom stereocenters. The number of nitrogens with zero attached hydrogens (tertiary/aromatic N) is 3. The number of pyridine rings is 1. The zero-order valence-electron chi connectivity index (χ0n) is 17.3. The van der Waals surface area contributed by atoms with E-state index in [9.17, 15) is 9.59 Å². The number of amides is 1. The molecule has 1 aliphatic heterocycles. The van der Waals surface area contributed by atoms with Crippen LogP contribution in [-0.2, 0) is 0 Å². The summed E-state index contributed by atoms with van der Waals surface area (Å²) in [7, 11) is 0. The van der Waals surface area contributed by atoms with E-state index >= 15 is 0 Å². The summed E-state index contributed by atoms with van der Waals surface area (Å²) in [6, 6.07) is 6.51. The predicted octanol–water partition coefficient (Wildman–Crippen LogP) is 4.04. The zero-order valence-corrected chi connectivity index (χ0v) is 18.1. The van der Waals surface area contributed by atoms with E-state index in [-0.39, 0.29) is 17.1 Å².